The summed E-state index contributed by atoms with van der Waals surface area (Å²) in [4.78, 5) is 33.9. The SMILES string of the molecule is CCCCCCCCCCCCCCCCCCCCCCCCCCC(=O)OC[C@H](COP(=O)(O)OC[C@@H](O)CO)OC(=O)CCC. The van der Waals surface area contributed by atoms with Crippen molar-refractivity contribution < 1.29 is 47.8 Å². The van der Waals surface area contributed by atoms with Crippen molar-refractivity contribution >= 4 is 19.8 Å². The molecule has 0 aromatic carbocycles. The van der Waals surface area contributed by atoms with Crippen molar-refractivity contribution in [3.63, 3.8) is 0 Å². The quantitative estimate of drug-likeness (QED) is 0.0324. The molecule has 0 heterocycles. The Hall–Kier alpha value is -1.03. The summed E-state index contributed by atoms with van der Waals surface area (Å²) in [7, 11) is -4.58. The van der Waals surface area contributed by atoms with Gasteiger partial charge < -0.3 is 24.6 Å². The van der Waals surface area contributed by atoms with Crippen LogP contribution in [-0.4, -0.2) is 65.7 Å². The summed E-state index contributed by atoms with van der Waals surface area (Å²) < 4.78 is 31.9. The minimum absolute atomic E-state index is 0.139. The first-order valence-electron chi connectivity index (χ1n) is 19.5. The number of hydrogen-bond acceptors (Lipinski definition) is 9. The van der Waals surface area contributed by atoms with Crippen LogP contribution in [0.25, 0.3) is 0 Å². The van der Waals surface area contributed by atoms with E-state index in [0.717, 1.165) is 12.8 Å². The second-order valence-electron chi connectivity index (χ2n) is 13.3. The smallest absolute Gasteiger partial charge is 0.462 e. The number of unbranched alkanes of at least 4 members (excludes halogenated alkanes) is 23. The van der Waals surface area contributed by atoms with Crippen molar-refractivity contribution in [2.45, 2.75) is 199 Å². The zero-order valence-electron chi connectivity index (χ0n) is 30.7. The van der Waals surface area contributed by atoms with Gasteiger partial charge in [0, 0.05) is 12.8 Å². The number of aliphatic hydroxyl groups is 2. The molecule has 0 rings (SSSR count). The summed E-state index contributed by atoms with van der Waals surface area (Å²) in [5, 5.41) is 18.1. The lowest BCUT2D eigenvalue weighted by molar-refractivity contribution is -0.161. The van der Waals surface area contributed by atoms with E-state index in [1.807, 2.05) is 0 Å². The third-order valence-electron chi connectivity index (χ3n) is 8.48. The van der Waals surface area contributed by atoms with E-state index in [1.165, 1.54) is 135 Å². The summed E-state index contributed by atoms with van der Waals surface area (Å²) in [5.41, 5.74) is 0. The second kappa shape index (κ2) is 34.4. The highest BCUT2D eigenvalue weighted by Crippen LogP contribution is 2.43. The normalized spacial score (nSPS) is 14.0. The highest BCUT2D eigenvalue weighted by Gasteiger charge is 2.27. The van der Waals surface area contributed by atoms with Gasteiger partial charge in [-0.25, -0.2) is 4.57 Å². The summed E-state index contributed by atoms with van der Waals surface area (Å²) in [6.45, 7) is 1.97. The molecule has 48 heavy (non-hydrogen) atoms. The Morgan fingerprint density at radius 1 is 0.542 bits per heavy atom. The van der Waals surface area contributed by atoms with Crippen LogP contribution in [0.5, 0.6) is 0 Å². The van der Waals surface area contributed by atoms with Gasteiger partial charge in [-0.1, -0.05) is 162 Å². The molecular formula is C37H73O10P. The number of ether oxygens (including phenoxy) is 2. The Balaban J connectivity index is 3.72. The lowest BCUT2D eigenvalue weighted by atomic mass is 10.0. The molecule has 0 aromatic heterocycles. The first-order chi connectivity index (χ1) is 23.2. The van der Waals surface area contributed by atoms with E-state index in [9.17, 15) is 24.2 Å². The van der Waals surface area contributed by atoms with E-state index < -0.39 is 51.8 Å². The monoisotopic (exact) mass is 708 g/mol. The molecule has 3 atom stereocenters. The number of hydrogen-bond donors (Lipinski definition) is 3. The number of carbonyl (C=O) groups is 2. The van der Waals surface area contributed by atoms with E-state index in [4.69, 9.17) is 19.1 Å². The number of carbonyl (C=O) groups excluding carboxylic acids is 2. The zero-order chi connectivity index (χ0) is 35.6. The molecule has 0 amide bonds. The van der Waals surface area contributed by atoms with Crippen LogP contribution in [-0.2, 0) is 32.7 Å². The topological polar surface area (TPSA) is 149 Å². The minimum Gasteiger partial charge on any atom is -0.462 e. The number of phosphoric ester groups is 1. The molecule has 0 radical (unpaired) electrons. The van der Waals surface area contributed by atoms with Gasteiger partial charge in [-0.2, -0.15) is 0 Å². The highest BCUT2D eigenvalue weighted by molar-refractivity contribution is 7.47. The van der Waals surface area contributed by atoms with Crippen LogP contribution in [0, 0.1) is 0 Å². The molecule has 0 bridgehead atoms. The number of aliphatic hydroxyl groups excluding tert-OH is 2. The molecule has 286 valence electrons. The molecule has 0 saturated carbocycles. The van der Waals surface area contributed by atoms with Gasteiger partial charge in [0.2, 0.25) is 0 Å². The maximum Gasteiger partial charge on any atom is 0.472 e. The summed E-state index contributed by atoms with van der Waals surface area (Å²) in [5.74, 6) is -0.976. The molecule has 0 aliphatic carbocycles. The first kappa shape index (κ1) is 47.0. The molecule has 0 aliphatic heterocycles. The van der Waals surface area contributed by atoms with Crippen LogP contribution in [0.4, 0.5) is 0 Å². The summed E-state index contributed by atoms with van der Waals surface area (Å²) in [6.07, 6.45) is 30.1. The molecule has 11 heteroatoms. The van der Waals surface area contributed by atoms with Gasteiger partial charge in [0.1, 0.15) is 12.7 Å². The summed E-state index contributed by atoms with van der Waals surface area (Å²) >= 11 is 0. The van der Waals surface area contributed by atoms with E-state index in [2.05, 4.69) is 11.4 Å². The van der Waals surface area contributed by atoms with Crippen LogP contribution in [0.1, 0.15) is 187 Å². The molecule has 0 fully saturated rings. The number of phosphoric acid groups is 1. The van der Waals surface area contributed by atoms with Crippen LogP contribution in [0.3, 0.4) is 0 Å². The van der Waals surface area contributed by atoms with Gasteiger partial charge in [0.15, 0.2) is 6.10 Å². The van der Waals surface area contributed by atoms with Crippen molar-refractivity contribution in [2.75, 3.05) is 26.4 Å². The molecule has 10 nitrogen and oxygen atoms in total. The maximum absolute atomic E-state index is 12.2. The predicted molar refractivity (Wildman–Crippen MR) is 192 cm³/mol. The fourth-order valence-corrected chi connectivity index (χ4v) is 6.29. The Morgan fingerprint density at radius 2 is 0.938 bits per heavy atom. The van der Waals surface area contributed by atoms with Gasteiger partial charge in [-0.05, 0) is 12.8 Å². The van der Waals surface area contributed by atoms with E-state index >= 15 is 0 Å². The zero-order valence-corrected chi connectivity index (χ0v) is 31.6. The number of esters is 2. The lowest BCUT2D eigenvalue weighted by Crippen LogP contribution is -2.29. The fraction of sp³-hybridized carbons (Fsp3) is 0.946. The van der Waals surface area contributed by atoms with Crippen molar-refractivity contribution in [2.24, 2.45) is 0 Å². The Bertz CT molecular complexity index is 781. The van der Waals surface area contributed by atoms with Crippen LogP contribution in [0.15, 0.2) is 0 Å². The van der Waals surface area contributed by atoms with E-state index in [-0.39, 0.29) is 19.4 Å². The Labute approximate surface area is 293 Å². The molecule has 0 saturated heterocycles. The highest BCUT2D eigenvalue weighted by atomic mass is 31.2. The Morgan fingerprint density at radius 3 is 1.33 bits per heavy atom. The van der Waals surface area contributed by atoms with Crippen molar-refractivity contribution in [3.05, 3.63) is 0 Å². The molecule has 0 aromatic rings. The third kappa shape index (κ3) is 33.5. The Kier molecular flexibility index (Phi) is 33.7. The molecule has 0 aliphatic rings. The van der Waals surface area contributed by atoms with Crippen LogP contribution < -0.4 is 0 Å². The second-order valence-corrected chi connectivity index (χ2v) is 14.8. The molecule has 1 unspecified atom stereocenters. The average Bonchev–Trinajstić information content (AvgIpc) is 3.07. The average molecular weight is 709 g/mol. The largest absolute Gasteiger partial charge is 0.472 e. The third-order valence-corrected chi connectivity index (χ3v) is 9.43. The van der Waals surface area contributed by atoms with E-state index in [1.54, 1.807) is 6.92 Å². The predicted octanol–water partition coefficient (Wildman–Crippen LogP) is 9.50. The van der Waals surface area contributed by atoms with Crippen LogP contribution in [0.2, 0.25) is 0 Å². The van der Waals surface area contributed by atoms with Gasteiger partial charge in [0.05, 0.1) is 19.8 Å². The maximum atomic E-state index is 12.2. The van der Waals surface area contributed by atoms with Crippen molar-refractivity contribution in [1.82, 2.24) is 0 Å². The lowest BCUT2D eigenvalue weighted by Gasteiger charge is -2.20. The first-order valence-corrected chi connectivity index (χ1v) is 21.0. The molecular weight excluding hydrogens is 635 g/mol. The van der Waals surface area contributed by atoms with Gasteiger partial charge >= 0.3 is 19.8 Å². The minimum atomic E-state index is -4.58. The van der Waals surface area contributed by atoms with Gasteiger partial charge in [-0.3, -0.25) is 18.6 Å². The van der Waals surface area contributed by atoms with Gasteiger partial charge in [-0.15, -0.1) is 0 Å². The fourth-order valence-electron chi connectivity index (χ4n) is 5.50. The van der Waals surface area contributed by atoms with Crippen molar-refractivity contribution in [1.29, 1.82) is 0 Å². The number of rotatable bonds is 37. The van der Waals surface area contributed by atoms with E-state index in [0.29, 0.717) is 12.8 Å². The van der Waals surface area contributed by atoms with Crippen molar-refractivity contribution in [3.8, 4) is 0 Å². The van der Waals surface area contributed by atoms with Gasteiger partial charge in [0.25, 0.3) is 0 Å². The molecule has 3 N–H and O–H groups in total. The summed E-state index contributed by atoms with van der Waals surface area (Å²) in [6, 6.07) is 0. The molecule has 0 spiro atoms. The standard InChI is InChI=1S/C37H73O10P/c1-3-5-6-7-8-9-10-11-12-13-14-15-16-17-18-19-20-21-22-23-24-25-26-27-29-36(40)44-32-35(47-37(41)28-4-2)33-46-48(42,43)45-31-34(39)30-38/h34-35,38-39H,3-33H2,1-2H3,(H,42,43)/t34-,35+/m0/s1. The van der Waals surface area contributed by atoms with Crippen LogP contribution >= 0.6 is 7.82 Å².